The molecule has 1 aliphatic rings. The molecule has 0 atom stereocenters. The molecule has 1 N–H and O–H groups in total. The molecule has 21 heavy (non-hydrogen) atoms. The Kier molecular flexibility index (Phi) is 2.78. The van der Waals surface area contributed by atoms with Crippen molar-refractivity contribution in [1.29, 1.82) is 0 Å². The van der Waals surface area contributed by atoms with E-state index in [1.54, 1.807) is 7.11 Å². The second kappa shape index (κ2) is 4.77. The quantitative estimate of drug-likeness (QED) is 0.763. The molecular weight excluding hydrogens is 260 g/mol. The number of H-pyrrole nitrogens is 1. The molecule has 3 heteroatoms. The topological polar surface area (TPSA) is 37.4 Å². The number of hydrogen-bond acceptors (Lipinski definition) is 2. The molecule has 0 unspecified atom stereocenters. The number of ether oxygens (including phenoxy) is 1. The molecule has 104 valence electrons. The maximum absolute atomic E-state index is 5.49. The van der Waals surface area contributed by atoms with E-state index in [0.717, 1.165) is 35.7 Å². The monoisotopic (exact) mass is 276 g/mol. The van der Waals surface area contributed by atoms with Gasteiger partial charge in [-0.15, -0.1) is 0 Å². The molecule has 3 aromatic rings. The van der Waals surface area contributed by atoms with E-state index in [1.165, 1.54) is 16.5 Å². The number of hydrogen-bond donors (Lipinski definition) is 1. The van der Waals surface area contributed by atoms with E-state index in [9.17, 15) is 0 Å². The number of para-hydroxylation sites is 2. The van der Waals surface area contributed by atoms with E-state index in [0.29, 0.717) is 0 Å². The van der Waals surface area contributed by atoms with Crippen molar-refractivity contribution >= 4 is 16.6 Å². The second-order valence-corrected chi connectivity index (χ2v) is 5.20. The number of rotatable bonds is 2. The average Bonchev–Trinajstić information content (AvgIpc) is 2.93. The van der Waals surface area contributed by atoms with Crippen LogP contribution in [0.25, 0.3) is 10.9 Å². The molecule has 3 nitrogen and oxygen atoms in total. The Morgan fingerprint density at radius 1 is 1.05 bits per heavy atom. The normalized spacial score (nSPS) is 13.9. The number of aromatic nitrogens is 1. The Balaban J connectivity index is 1.95. The number of nitrogens with zero attached hydrogens (tertiary/aromatic N) is 1. The van der Waals surface area contributed by atoms with Crippen LogP contribution in [0.4, 0.5) is 0 Å². The van der Waals surface area contributed by atoms with Gasteiger partial charge in [0.25, 0.3) is 0 Å². The van der Waals surface area contributed by atoms with Crippen molar-refractivity contribution in [3.8, 4) is 5.75 Å². The lowest BCUT2D eigenvalue weighted by Gasteiger charge is -2.15. The number of benzene rings is 2. The van der Waals surface area contributed by atoms with Gasteiger partial charge < -0.3 is 9.72 Å². The molecule has 2 heterocycles. The molecule has 0 aliphatic carbocycles. The van der Waals surface area contributed by atoms with Crippen LogP contribution in [-0.2, 0) is 6.42 Å². The summed E-state index contributed by atoms with van der Waals surface area (Å²) in [6, 6.07) is 16.5. The first-order valence-corrected chi connectivity index (χ1v) is 7.16. The zero-order valence-electron chi connectivity index (χ0n) is 11.9. The van der Waals surface area contributed by atoms with Crippen LogP contribution in [0.15, 0.2) is 53.5 Å². The first kappa shape index (κ1) is 12.2. The number of fused-ring (bicyclic) bond motifs is 3. The lowest BCUT2D eigenvalue weighted by Crippen LogP contribution is -2.14. The Bertz CT molecular complexity index is 845. The molecule has 0 saturated carbocycles. The summed E-state index contributed by atoms with van der Waals surface area (Å²) in [6.45, 7) is 0.822. The van der Waals surface area contributed by atoms with Crippen molar-refractivity contribution in [2.24, 2.45) is 4.99 Å². The lowest BCUT2D eigenvalue weighted by atomic mass is 9.97. The maximum atomic E-state index is 5.49. The summed E-state index contributed by atoms with van der Waals surface area (Å²) in [5.41, 5.74) is 5.72. The highest BCUT2D eigenvalue weighted by atomic mass is 16.5. The molecule has 0 amide bonds. The van der Waals surface area contributed by atoms with Gasteiger partial charge in [-0.2, -0.15) is 0 Å². The summed E-state index contributed by atoms with van der Waals surface area (Å²) in [6.07, 6.45) is 0.984. The first-order valence-electron chi connectivity index (χ1n) is 7.16. The molecule has 1 aromatic heterocycles. The Labute approximate surface area is 123 Å². The number of aromatic amines is 1. The fourth-order valence-corrected chi connectivity index (χ4v) is 3.08. The van der Waals surface area contributed by atoms with Crippen LogP contribution in [-0.4, -0.2) is 24.4 Å². The van der Waals surface area contributed by atoms with Crippen LogP contribution in [0, 0.1) is 0 Å². The average molecular weight is 276 g/mol. The minimum Gasteiger partial charge on any atom is -0.496 e. The van der Waals surface area contributed by atoms with Gasteiger partial charge in [-0.3, -0.25) is 4.99 Å². The van der Waals surface area contributed by atoms with Crippen LogP contribution < -0.4 is 4.74 Å². The van der Waals surface area contributed by atoms with Crippen molar-refractivity contribution in [3.05, 3.63) is 65.4 Å². The zero-order valence-corrected chi connectivity index (χ0v) is 11.9. The molecule has 0 saturated heterocycles. The molecule has 0 fully saturated rings. The minimum atomic E-state index is 0.822. The molecule has 0 radical (unpaired) electrons. The minimum absolute atomic E-state index is 0.822. The predicted octanol–water partition coefficient (Wildman–Crippen LogP) is 3.57. The molecule has 0 spiro atoms. The van der Waals surface area contributed by atoms with Gasteiger partial charge in [0.2, 0.25) is 0 Å². The van der Waals surface area contributed by atoms with Crippen molar-refractivity contribution in [2.75, 3.05) is 13.7 Å². The van der Waals surface area contributed by atoms with Crippen LogP contribution in [0.3, 0.4) is 0 Å². The van der Waals surface area contributed by atoms with Crippen LogP contribution >= 0.6 is 0 Å². The summed E-state index contributed by atoms with van der Waals surface area (Å²) in [5.74, 6) is 0.864. The lowest BCUT2D eigenvalue weighted by molar-refractivity contribution is 0.414. The molecule has 0 bridgehead atoms. The van der Waals surface area contributed by atoms with Gasteiger partial charge in [-0.25, -0.2) is 0 Å². The molecule has 1 aliphatic heterocycles. The van der Waals surface area contributed by atoms with Crippen molar-refractivity contribution < 1.29 is 4.74 Å². The highest BCUT2D eigenvalue weighted by molar-refractivity contribution is 6.17. The van der Waals surface area contributed by atoms with E-state index in [4.69, 9.17) is 9.73 Å². The van der Waals surface area contributed by atoms with Gasteiger partial charge in [0.15, 0.2) is 0 Å². The summed E-state index contributed by atoms with van der Waals surface area (Å²) in [5, 5.41) is 1.30. The van der Waals surface area contributed by atoms with E-state index in [-0.39, 0.29) is 0 Å². The second-order valence-electron chi connectivity index (χ2n) is 5.20. The standard InChI is InChI=1S/C18H16N2O/c1-21-16-9-5-3-7-14(16)17-18-13(10-11-19-17)12-6-2-4-8-15(12)20-18/h2-9,20H,10-11H2,1H3. The van der Waals surface area contributed by atoms with Crippen molar-refractivity contribution in [3.63, 3.8) is 0 Å². The fourth-order valence-electron chi connectivity index (χ4n) is 3.08. The summed E-state index contributed by atoms with van der Waals surface area (Å²) in [4.78, 5) is 8.28. The van der Waals surface area contributed by atoms with Gasteiger partial charge in [-0.1, -0.05) is 30.3 Å². The van der Waals surface area contributed by atoms with E-state index >= 15 is 0 Å². The van der Waals surface area contributed by atoms with Crippen LogP contribution in [0.1, 0.15) is 16.8 Å². The SMILES string of the molecule is COc1ccccc1C1=NCCc2c1[nH]c1ccccc21. The smallest absolute Gasteiger partial charge is 0.128 e. The highest BCUT2D eigenvalue weighted by Gasteiger charge is 2.22. The van der Waals surface area contributed by atoms with Crippen LogP contribution in [0.5, 0.6) is 5.75 Å². The third-order valence-corrected chi connectivity index (χ3v) is 4.04. The van der Waals surface area contributed by atoms with Gasteiger partial charge >= 0.3 is 0 Å². The zero-order chi connectivity index (χ0) is 14.2. The third kappa shape index (κ3) is 1.85. The van der Waals surface area contributed by atoms with Gasteiger partial charge in [0.05, 0.1) is 18.5 Å². The largest absolute Gasteiger partial charge is 0.496 e. The van der Waals surface area contributed by atoms with E-state index in [2.05, 4.69) is 35.3 Å². The predicted molar refractivity (Wildman–Crippen MR) is 85.5 cm³/mol. The first-order chi connectivity index (χ1) is 10.4. The van der Waals surface area contributed by atoms with Crippen LogP contribution in [0.2, 0.25) is 0 Å². The van der Waals surface area contributed by atoms with Gasteiger partial charge in [-0.05, 0) is 30.2 Å². The van der Waals surface area contributed by atoms with Crippen molar-refractivity contribution in [1.82, 2.24) is 4.98 Å². The Morgan fingerprint density at radius 2 is 1.86 bits per heavy atom. The van der Waals surface area contributed by atoms with Gasteiger partial charge in [0, 0.05) is 23.0 Å². The van der Waals surface area contributed by atoms with E-state index in [1.807, 2.05) is 18.2 Å². The Morgan fingerprint density at radius 3 is 2.76 bits per heavy atom. The molecule has 4 rings (SSSR count). The third-order valence-electron chi connectivity index (χ3n) is 4.04. The summed E-state index contributed by atoms with van der Waals surface area (Å²) < 4.78 is 5.49. The number of aliphatic imine (C=N–C) groups is 1. The van der Waals surface area contributed by atoms with Gasteiger partial charge in [0.1, 0.15) is 5.75 Å². The highest BCUT2D eigenvalue weighted by Crippen LogP contribution is 2.30. The van der Waals surface area contributed by atoms with E-state index < -0.39 is 0 Å². The Hall–Kier alpha value is -2.55. The number of methoxy groups -OCH3 is 1. The molecular formula is C18H16N2O. The number of nitrogens with one attached hydrogen (secondary N) is 1. The maximum Gasteiger partial charge on any atom is 0.128 e. The summed E-state index contributed by atoms with van der Waals surface area (Å²) >= 11 is 0. The summed E-state index contributed by atoms with van der Waals surface area (Å²) in [7, 11) is 1.70. The fraction of sp³-hybridized carbons (Fsp3) is 0.167. The van der Waals surface area contributed by atoms with Crippen molar-refractivity contribution in [2.45, 2.75) is 6.42 Å². The molecule has 2 aromatic carbocycles.